The molecule has 0 radical (unpaired) electrons. The van der Waals surface area contributed by atoms with Gasteiger partial charge in [0.05, 0.1) is 10.6 Å². The molecule has 0 aliphatic heterocycles. The molecule has 44 heavy (non-hydrogen) atoms. The summed E-state index contributed by atoms with van der Waals surface area (Å²) in [6, 6.07) is 31.2. The monoisotopic (exact) mass is 675 g/mol. The quantitative estimate of drug-likeness (QED) is 0.178. The molecular weight excluding hydrogens is 638 g/mol. The van der Waals surface area contributed by atoms with E-state index in [9.17, 15) is 18.0 Å². The van der Waals surface area contributed by atoms with Crippen LogP contribution in [0.5, 0.6) is 0 Å². The third kappa shape index (κ3) is 8.57. The first-order valence-corrected chi connectivity index (χ1v) is 16.9. The molecular formula is C35H38BrN3O4S. The summed E-state index contributed by atoms with van der Waals surface area (Å²) in [7, 11) is -4.13. The van der Waals surface area contributed by atoms with E-state index in [4.69, 9.17) is 0 Å². The average molecular weight is 677 g/mol. The molecule has 0 saturated heterocycles. The Balaban J connectivity index is 1.79. The van der Waals surface area contributed by atoms with Crippen LogP contribution in [-0.2, 0) is 39.0 Å². The fourth-order valence-corrected chi connectivity index (χ4v) is 6.57. The number of nitrogens with zero attached hydrogens (tertiary/aromatic N) is 2. The van der Waals surface area contributed by atoms with Gasteiger partial charge in [-0.3, -0.25) is 13.9 Å². The molecule has 0 aliphatic rings. The molecule has 1 atom stereocenters. The Bertz CT molecular complexity index is 1630. The minimum absolute atomic E-state index is 0.0743. The summed E-state index contributed by atoms with van der Waals surface area (Å²) < 4.78 is 30.1. The summed E-state index contributed by atoms with van der Waals surface area (Å²) in [4.78, 5) is 29.8. The highest BCUT2D eigenvalue weighted by molar-refractivity contribution is 9.10. The summed E-state index contributed by atoms with van der Waals surface area (Å²) in [5.74, 6) is -0.800. The number of hydrogen-bond acceptors (Lipinski definition) is 4. The van der Waals surface area contributed by atoms with E-state index in [1.807, 2.05) is 87.5 Å². The summed E-state index contributed by atoms with van der Waals surface area (Å²) in [6.45, 7) is 5.38. The minimum atomic E-state index is -4.13. The maximum Gasteiger partial charge on any atom is 0.264 e. The van der Waals surface area contributed by atoms with Crippen LogP contribution >= 0.6 is 15.9 Å². The highest BCUT2D eigenvalue weighted by Crippen LogP contribution is 2.26. The van der Waals surface area contributed by atoms with Crippen molar-refractivity contribution in [2.24, 2.45) is 0 Å². The van der Waals surface area contributed by atoms with Gasteiger partial charge in [-0.2, -0.15) is 0 Å². The third-order valence-electron chi connectivity index (χ3n) is 7.21. The summed E-state index contributed by atoms with van der Waals surface area (Å²) >= 11 is 3.46. The van der Waals surface area contributed by atoms with Gasteiger partial charge in [-0.05, 0) is 73.4 Å². The second-order valence-electron chi connectivity index (χ2n) is 10.9. The first-order valence-electron chi connectivity index (χ1n) is 14.6. The summed E-state index contributed by atoms with van der Waals surface area (Å²) in [5, 5.41) is 2.97. The van der Waals surface area contributed by atoms with Gasteiger partial charge >= 0.3 is 0 Å². The zero-order chi connectivity index (χ0) is 31.7. The van der Waals surface area contributed by atoms with Crippen LogP contribution in [0.3, 0.4) is 0 Å². The molecule has 7 nitrogen and oxygen atoms in total. The zero-order valence-corrected chi connectivity index (χ0v) is 27.6. The molecule has 1 N–H and O–H groups in total. The fraction of sp³-hybridized carbons (Fsp3) is 0.257. The summed E-state index contributed by atoms with van der Waals surface area (Å²) in [5.41, 5.74) is 3.10. The lowest BCUT2D eigenvalue weighted by Crippen LogP contribution is -2.54. The van der Waals surface area contributed by atoms with Crippen molar-refractivity contribution in [3.63, 3.8) is 0 Å². The smallest absolute Gasteiger partial charge is 0.264 e. The van der Waals surface area contributed by atoms with Crippen LogP contribution in [0.4, 0.5) is 5.69 Å². The number of rotatable bonds is 13. The Morgan fingerprint density at radius 3 is 1.91 bits per heavy atom. The maximum absolute atomic E-state index is 14.5. The highest BCUT2D eigenvalue weighted by Gasteiger charge is 2.34. The van der Waals surface area contributed by atoms with Crippen LogP contribution in [0.15, 0.2) is 119 Å². The number of sulfonamides is 1. The number of nitrogens with one attached hydrogen (secondary N) is 1. The van der Waals surface area contributed by atoms with Gasteiger partial charge in [0.2, 0.25) is 11.8 Å². The lowest BCUT2D eigenvalue weighted by molar-refractivity contribution is -0.140. The number of carbonyl (C=O) groups is 2. The van der Waals surface area contributed by atoms with Crippen molar-refractivity contribution >= 4 is 43.5 Å². The molecule has 0 aromatic heterocycles. The molecule has 0 bridgehead atoms. The largest absolute Gasteiger partial charge is 0.352 e. The Kier molecular flexibility index (Phi) is 11.4. The van der Waals surface area contributed by atoms with Gasteiger partial charge in [0.15, 0.2) is 0 Å². The van der Waals surface area contributed by atoms with Crippen molar-refractivity contribution in [1.82, 2.24) is 10.2 Å². The van der Waals surface area contributed by atoms with Crippen LogP contribution < -0.4 is 9.62 Å². The van der Waals surface area contributed by atoms with E-state index in [0.29, 0.717) is 5.69 Å². The predicted molar refractivity (Wildman–Crippen MR) is 179 cm³/mol. The molecule has 4 aromatic rings. The normalized spacial score (nSPS) is 12.0. The number of benzene rings is 4. The molecule has 0 aliphatic carbocycles. The Morgan fingerprint density at radius 1 is 0.773 bits per heavy atom. The van der Waals surface area contributed by atoms with Crippen molar-refractivity contribution in [2.45, 2.75) is 57.1 Å². The third-order valence-corrected chi connectivity index (χ3v) is 9.53. The zero-order valence-electron chi connectivity index (χ0n) is 25.2. The first kappa shape index (κ1) is 33.0. The van der Waals surface area contributed by atoms with E-state index in [1.54, 1.807) is 30.3 Å². The topological polar surface area (TPSA) is 86.8 Å². The van der Waals surface area contributed by atoms with Gasteiger partial charge in [0.25, 0.3) is 10.0 Å². The maximum atomic E-state index is 14.5. The number of halogens is 1. The molecule has 4 rings (SSSR count). The Labute approximate surface area is 269 Å². The van der Waals surface area contributed by atoms with E-state index in [1.165, 1.54) is 17.0 Å². The molecule has 2 amide bonds. The van der Waals surface area contributed by atoms with Gasteiger partial charge < -0.3 is 10.2 Å². The molecule has 0 fully saturated rings. The second kappa shape index (κ2) is 15.2. The van der Waals surface area contributed by atoms with Crippen LogP contribution in [0, 0.1) is 0 Å². The molecule has 0 unspecified atom stereocenters. The number of carbonyl (C=O) groups excluding carboxylic acids is 2. The van der Waals surface area contributed by atoms with E-state index < -0.39 is 28.5 Å². The van der Waals surface area contributed by atoms with Crippen LogP contribution in [0.2, 0.25) is 0 Å². The van der Waals surface area contributed by atoms with E-state index in [0.717, 1.165) is 31.9 Å². The lowest BCUT2D eigenvalue weighted by atomic mass is 10.0. The lowest BCUT2D eigenvalue weighted by Gasteiger charge is -2.34. The van der Waals surface area contributed by atoms with E-state index >= 15 is 0 Å². The number of anilines is 1. The Hall–Kier alpha value is -3.95. The molecule has 0 spiro atoms. The van der Waals surface area contributed by atoms with Crippen molar-refractivity contribution < 1.29 is 18.0 Å². The van der Waals surface area contributed by atoms with Crippen LogP contribution in [-0.4, -0.2) is 43.8 Å². The minimum Gasteiger partial charge on any atom is -0.352 e. The number of aryl methyl sites for hydroxylation is 1. The molecule has 0 saturated carbocycles. The number of amides is 2. The van der Waals surface area contributed by atoms with Gasteiger partial charge in [0, 0.05) is 23.5 Å². The van der Waals surface area contributed by atoms with Crippen molar-refractivity contribution in [2.75, 3.05) is 10.8 Å². The second-order valence-corrected chi connectivity index (χ2v) is 13.6. The van der Waals surface area contributed by atoms with Crippen LogP contribution in [0.1, 0.15) is 37.5 Å². The Morgan fingerprint density at radius 2 is 1.34 bits per heavy atom. The van der Waals surface area contributed by atoms with E-state index in [-0.39, 0.29) is 29.8 Å². The van der Waals surface area contributed by atoms with Crippen molar-refractivity contribution in [1.29, 1.82) is 0 Å². The summed E-state index contributed by atoms with van der Waals surface area (Å²) in [6.07, 6.45) is 1.05. The molecule has 4 aromatic carbocycles. The average Bonchev–Trinajstić information content (AvgIpc) is 3.03. The van der Waals surface area contributed by atoms with Gasteiger partial charge in [-0.25, -0.2) is 8.42 Å². The SMILES string of the molecule is CCc1ccc(N(CC(=O)N(Cc2ccc(Br)cc2)[C@H](Cc2ccccc2)C(=O)NC(C)C)S(=O)(=O)c2ccccc2)cc1. The fourth-order valence-electron chi connectivity index (χ4n) is 4.87. The van der Waals surface area contributed by atoms with Gasteiger partial charge in [-0.1, -0.05) is 95.7 Å². The highest BCUT2D eigenvalue weighted by atomic mass is 79.9. The molecule has 9 heteroatoms. The first-order chi connectivity index (χ1) is 21.1. The van der Waals surface area contributed by atoms with Crippen molar-refractivity contribution in [3.8, 4) is 0 Å². The standard InChI is InChI=1S/C35H38BrN3O4S/c1-4-27-17-21-31(22-18-27)39(44(42,43)32-13-9-6-10-14-32)25-34(40)38(24-29-15-19-30(36)20-16-29)33(35(41)37-26(2)3)23-28-11-7-5-8-12-28/h5-22,26,33H,4,23-25H2,1-3H3,(H,37,41)/t33-/m1/s1. The van der Waals surface area contributed by atoms with Gasteiger partial charge in [-0.15, -0.1) is 0 Å². The predicted octanol–water partition coefficient (Wildman–Crippen LogP) is 6.37. The van der Waals surface area contributed by atoms with Crippen molar-refractivity contribution in [3.05, 3.63) is 130 Å². The number of hydrogen-bond donors (Lipinski definition) is 1. The van der Waals surface area contributed by atoms with Crippen LogP contribution in [0.25, 0.3) is 0 Å². The van der Waals surface area contributed by atoms with E-state index in [2.05, 4.69) is 21.2 Å². The molecule has 230 valence electrons. The van der Waals surface area contributed by atoms with Gasteiger partial charge in [0.1, 0.15) is 12.6 Å². The molecule has 0 heterocycles.